The van der Waals surface area contributed by atoms with Gasteiger partial charge in [-0.25, -0.2) is 0 Å². The molecule has 1 aromatic carbocycles. The molecule has 0 aliphatic carbocycles. The summed E-state index contributed by atoms with van der Waals surface area (Å²) in [5, 5.41) is 3.84. The highest BCUT2D eigenvalue weighted by Crippen LogP contribution is 2.31. The first-order valence-electron chi connectivity index (χ1n) is 7.52. The van der Waals surface area contributed by atoms with Crippen molar-refractivity contribution in [3.8, 4) is 11.5 Å². The second-order valence-corrected chi connectivity index (χ2v) is 5.49. The third-order valence-corrected chi connectivity index (χ3v) is 3.78. The van der Waals surface area contributed by atoms with Crippen LogP contribution in [0.15, 0.2) is 22.7 Å². The van der Waals surface area contributed by atoms with Gasteiger partial charge in [-0.1, -0.05) is 11.2 Å². The van der Waals surface area contributed by atoms with E-state index in [0.29, 0.717) is 18.3 Å². The lowest BCUT2D eigenvalue weighted by atomic mass is 9.99. The van der Waals surface area contributed by atoms with Crippen LogP contribution in [0.4, 0.5) is 0 Å². The second-order valence-electron chi connectivity index (χ2n) is 5.49. The van der Waals surface area contributed by atoms with Crippen LogP contribution >= 0.6 is 0 Å². The molecule has 6 nitrogen and oxygen atoms in total. The van der Waals surface area contributed by atoms with Gasteiger partial charge in [0.05, 0.1) is 19.6 Å². The van der Waals surface area contributed by atoms with Crippen molar-refractivity contribution in [1.82, 2.24) is 15.0 Å². The number of rotatable bonds is 6. The fourth-order valence-corrected chi connectivity index (χ4v) is 2.68. The summed E-state index contributed by atoms with van der Waals surface area (Å²) in [6.07, 6.45) is 0. The number of ether oxygens (including phenoxy) is 2. The van der Waals surface area contributed by atoms with Crippen LogP contribution in [-0.2, 0) is 6.54 Å². The monoisotopic (exact) mass is 303 g/mol. The number of hydrogen-bond donors (Lipinski definition) is 0. The van der Waals surface area contributed by atoms with Crippen molar-refractivity contribution in [2.24, 2.45) is 0 Å². The molecular formula is C16H21N3O3. The Hall–Kier alpha value is -2.08. The largest absolute Gasteiger partial charge is 0.493 e. The van der Waals surface area contributed by atoms with Crippen molar-refractivity contribution in [2.45, 2.75) is 26.3 Å². The zero-order valence-electron chi connectivity index (χ0n) is 13.2. The van der Waals surface area contributed by atoms with Gasteiger partial charge in [0.15, 0.2) is 17.3 Å². The van der Waals surface area contributed by atoms with E-state index in [-0.39, 0.29) is 0 Å². The van der Waals surface area contributed by atoms with Gasteiger partial charge in [0.25, 0.3) is 0 Å². The molecule has 1 fully saturated rings. The van der Waals surface area contributed by atoms with Crippen LogP contribution in [0.5, 0.6) is 11.5 Å². The second kappa shape index (κ2) is 6.36. The molecule has 6 heteroatoms. The number of aromatic nitrogens is 2. The molecule has 1 saturated heterocycles. The zero-order valence-corrected chi connectivity index (χ0v) is 13.2. The summed E-state index contributed by atoms with van der Waals surface area (Å²) < 4.78 is 16.1. The molecule has 0 unspecified atom stereocenters. The molecule has 0 atom stereocenters. The fraction of sp³-hybridized carbons (Fsp3) is 0.500. The average Bonchev–Trinajstić information content (AvgIpc) is 2.90. The molecule has 1 aliphatic heterocycles. The lowest BCUT2D eigenvalue weighted by Crippen LogP contribution is -2.44. The molecule has 1 aliphatic rings. The van der Waals surface area contributed by atoms with Crippen molar-refractivity contribution in [3.63, 3.8) is 0 Å². The first-order valence-corrected chi connectivity index (χ1v) is 7.52. The third-order valence-electron chi connectivity index (χ3n) is 3.78. The van der Waals surface area contributed by atoms with Gasteiger partial charge >= 0.3 is 0 Å². The smallest absolute Gasteiger partial charge is 0.232 e. The molecule has 2 heterocycles. The van der Waals surface area contributed by atoms with Crippen molar-refractivity contribution in [2.75, 3.05) is 26.8 Å². The van der Waals surface area contributed by atoms with Crippen molar-refractivity contribution >= 4 is 0 Å². The molecule has 0 N–H and O–H groups in total. The van der Waals surface area contributed by atoms with Crippen LogP contribution in [0.1, 0.15) is 30.1 Å². The highest BCUT2D eigenvalue weighted by molar-refractivity contribution is 5.43. The predicted octanol–water partition coefficient (Wildman–Crippen LogP) is 2.38. The van der Waals surface area contributed by atoms with E-state index in [2.05, 4.69) is 21.1 Å². The van der Waals surface area contributed by atoms with Crippen LogP contribution in [0.3, 0.4) is 0 Å². The summed E-state index contributed by atoms with van der Waals surface area (Å²) >= 11 is 0. The van der Waals surface area contributed by atoms with Gasteiger partial charge < -0.3 is 14.0 Å². The molecule has 0 amide bonds. The SMILES string of the molecule is CCOc1ccc(CN2CC(c3nc(C)no3)C2)cc1OC. The van der Waals surface area contributed by atoms with Gasteiger partial charge in [0, 0.05) is 19.6 Å². The molecule has 118 valence electrons. The number of nitrogens with zero attached hydrogens (tertiary/aromatic N) is 3. The van der Waals surface area contributed by atoms with E-state index < -0.39 is 0 Å². The van der Waals surface area contributed by atoms with Crippen molar-refractivity contribution in [1.29, 1.82) is 0 Å². The number of likely N-dealkylation sites (tertiary alicyclic amines) is 1. The van der Waals surface area contributed by atoms with Gasteiger partial charge in [0.1, 0.15) is 0 Å². The quantitative estimate of drug-likeness (QED) is 0.816. The first kappa shape index (κ1) is 14.8. The Morgan fingerprint density at radius 2 is 2.14 bits per heavy atom. The minimum Gasteiger partial charge on any atom is -0.493 e. The molecule has 22 heavy (non-hydrogen) atoms. The molecule has 2 aromatic rings. The average molecular weight is 303 g/mol. The van der Waals surface area contributed by atoms with E-state index in [9.17, 15) is 0 Å². The highest BCUT2D eigenvalue weighted by Gasteiger charge is 2.32. The van der Waals surface area contributed by atoms with Crippen molar-refractivity contribution < 1.29 is 14.0 Å². The van der Waals surface area contributed by atoms with Gasteiger partial charge in [0.2, 0.25) is 5.89 Å². The van der Waals surface area contributed by atoms with Crippen LogP contribution in [0.2, 0.25) is 0 Å². The minimum atomic E-state index is 0.353. The van der Waals surface area contributed by atoms with Crippen LogP contribution in [0, 0.1) is 6.92 Å². The van der Waals surface area contributed by atoms with E-state index in [0.717, 1.165) is 37.0 Å². The van der Waals surface area contributed by atoms with Gasteiger partial charge in [-0.05, 0) is 31.5 Å². The van der Waals surface area contributed by atoms with Crippen LogP contribution in [0.25, 0.3) is 0 Å². The Labute approximate surface area is 130 Å². The van der Waals surface area contributed by atoms with Gasteiger partial charge in [-0.2, -0.15) is 4.98 Å². The number of benzene rings is 1. The fourth-order valence-electron chi connectivity index (χ4n) is 2.68. The number of aryl methyl sites for hydroxylation is 1. The Morgan fingerprint density at radius 1 is 1.32 bits per heavy atom. The van der Waals surface area contributed by atoms with E-state index in [1.165, 1.54) is 5.56 Å². The minimum absolute atomic E-state index is 0.353. The first-order chi connectivity index (χ1) is 10.7. The maximum atomic E-state index is 5.54. The summed E-state index contributed by atoms with van der Waals surface area (Å²) in [5.74, 6) is 3.37. The Kier molecular flexibility index (Phi) is 4.29. The Morgan fingerprint density at radius 3 is 2.77 bits per heavy atom. The van der Waals surface area contributed by atoms with E-state index >= 15 is 0 Å². The topological polar surface area (TPSA) is 60.6 Å². The van der Waals surface area contributed by atoms with E-state index in [4.69, 9.17) is 14.0 Å². The van der Waals surface area contributed by atoms with Gasteiger partial charge in [-0.3, -0.25) is 4.90 Å². The normalized spacial score (nSPS) is 15.6. The van der Waals surface area contributed by atoms with Crippen molar-refractivity contribution in [3.05, 3.63) is 35.5 Å². The molecule has 0 saturated carbocycles. The van der Waals surface area contributed by atoms with E-state index in [1.807, 2.05) is 26.0 Å². The predicted molar refractivity (Wildman–Crippen MR) is 81.2 cm³/mol. The van der Waals surface area contributed by atoms with Crippen LogP contribution < -0.4 is 9.47 Å². The summed E-state index contributed by atoms with van der Waals surface area (Å²) in [6, 6.07) is 6.09. The molecule has 0 spiro atoms. The summed E-state index contributed by atoms with van der Waals surface area (Å²) in [5.41, 5.74) is 1.21. The zero-order chi connectivity index (χ0) is 15.5. The number of methoxy groups -OCH3 is 1. The Bertz CT molecular complexity index is 635. The molecule has 0 radical (unpaired) electrons. The number of hydrogen-bond acceptors (Lipinski definition) is 6. The van der Waals surface area contributed by atoms with Gasteiger partial charge in [-0.15, -0.1) is 0 Å². The highest BCUT2D eigenvalue weighted by atomic mass is 16.5. The summed E-state index contributed by atoms with van der Waals surface area (Å²) in [4.78, 5) is 6.64. The Balaban J connectivity index is 1.58. The molecule has 1 aromatic heterocycles. The molecule has 3 rings (SSSR count). The van der Waals surface area contributed by atoms with E-state index in [1.54, 1.807) is 7.11 Å². The standard InChI is InChI=1S/C16H21N3O3/c1-4-21-14-6-5-12(7-15(14)20-3)8-19-9-13(10-19)16-17-11(2)18-22-16/h5-7,13H,4,8-10H2,1-3H3. The summed E-state index contributed by atoms with van der Waals surface area (Å²) in [7, 11) is 1.67. The lowest BCUT2D eigenvalue weighted by molar-refractivity contribution is 0.117. The summed E-state index contributed by atoms with van der Waals surface area (Å²) in [6.45, 7) is 7.20. The maximum absolute atomic E-state index is 5.54. The van der Waals surface area contributed by atoms with Crippen LogP contribution in [-0.4, -0.2) is 41.8 Å². The lowest BCUT2D eigenvalue weighted by Gasteiger charge is -2.37. The molecular weight excluding hydrogens is 282 g/mol. The molecule has 0 bridgehead atoms. The maximum Gasteiger partial charge on any atom is 0.232 e. The third kappa shape index (κ3) is 3.06.